The highest BCUT2D eigenvalue weighted by atomic mass is 35.5. The van der Waals surface area contributed by atoms with Gasteiger partial charge in [-0.05, 0) is 30.7 Å². The zero-order chi connectivity index (χ0) is 18.7. The van der Waals surface area contributed by atoms with Crippen molar-refractivity contribution in [3.05, 3.63) is 75.9 Å². The number of aliphatic carboxylic acids is 1. The van der Waals surface area contributed by atoms with Gasteiger partial charge in [0.15, 0.2) is 0 Å². The van der Waals surface area contributed by atoms with Crippen LogP contribution in [0.3, 0.4) is 0 Å². The van der Waals surface area contributed by atoms with Gasteiger partial charge in [-0.15, -0.1) is 0 Å². The Labute approximate surface area is 156 Å². The number of nitrogens with zero attached hydrogens (tertiary/aromatic N) is 2. The third-order valence-corrected chi connectivity index (χ3v) is 4.22. The monoisotopic (exact) mass is 367 g/mol. The van der Waals surface area contributed by atoms with Gasteiger partial charge in [-0.2, -0.15) is 0 Å². The highest BCUT2D eigenvalue weighted by molar-refractivity contribution is 6.30. The van der Waals surface area contributed by atoms with Crippen molar-refractivity contribution in [3.8, 4) is 0 Å². The van der Waals surface area contributed by atoms with E-state index in [2.05, 4.69) is 4.99 Å². The number of rotatable bonds is 5. The van der Waals surface area contributed by atoms with Crippen LogP contribution in [0.1, 0.15) is 23.1 Å². The fraction of sp³-hybridized carbons (Fsp3) is 0.150. The highest BCUT2D eigenvalue weighted by Gasteiger charge is 2.30. The second-order valence-electron chi connectivity index (χ2n) is 5.96. The molecule has 2 aromatic rings. The van der Waals surface area contributed by atoms with Crippen molar-refractivity contribution in [1.29, 1.82) is 0 Å². The van der Waals surface area contributed by atoms with E-state index in [0.717, 1.165) is 16.7 Å². The molecule has 26 heavy (non-hydrogen) atoms. The molecular weight excluding hydrogens is 352 g/mol. The Kier molecular flexibility index (Phi) is 5.19. The number of carbonyl (C=O) groups is 2. The Balaban J connectivity index is 1.98. The van der Waals surface area contributed by atoms with Gasteiger partial charge in [0.2, 0.25) is 0 Å². The highest BCUT2D eigenvalue weighted by Crippen LogP contribution is 2.23. The van der Waals surface area contributed by atoms with Crippen LogP contribution in [0, 0.1) is 6.92 Å². The van der Waals surface area contributed by atoms with E-state index < -0.39 is 5.97 Å². The molecule has 0 bridgehead atoms. The SMILES string of the molecule is Cc1ccc(C2=N/C(=C\c3ccc(Cl)cc3)C(=O)N2CCC(=O)[O-])cc1. The third kappa shape index (κ3) is 4.00. The number of carboxylic acids is 1. The number of amides is 1. The van der Waals surface area contributed by atoms with Gasteiger partial charge in [0.05, 0.1) is 0 Å². The molecule has 0 saturated carbocycles. The van der Waals surface area contributed by atoms with Gasteiger partial charge in [0.25, 0.3) is 5.91 Å². The summed E-state index contributed by atoms with van der Waals surface area (Å²) in [6.45, 7) is 1.97. The fourth-order valence-corrected chi connectivity index (χ4v) is 2.73. The maximum atomic E-state index is 12.7. The molecule has 1 heterocycles. The summed E-state index contributed by atoms with van der Waals surface area (Å²) in [6.07, 6.45) is 1.40. The number of benzene rings is 2. The van der Waals surface area contributed by atoms with Gasteiger partial charge >= 0.3 is 0 Å². The van der Waals surface area contributed by atoms with Crippen molar-refractivity contribution in [2.45, 2.75) is 13.3 Å². The van der Waals surface area contributed by atoms with E-state index in [1.165, 1.54) is 4.90 Å². The van der Waals surface area contributed by atoms with Gasteiger partial charge in [-0.1, -0.05) is 53.6 Å². The second kappa shape index (κ2) is 7.54. The molecular formula is C20H16ClN2O3-. The molecule has 2 aromatic carbocycles. The lowest BCUT2D eigenvalue weighted by Gasteiger charge is -2.18. The molecule has 5 nitrogen and oxygen atoms in total. The van der Waals surface area contributed by atoms with Crippen molar-refractivity contribution < 1.29 is 14.7 Å². The van der Waals surface area contributed by atoms with Crippen LogP contribution in [0.2, 0.25) is 5.02 Å². The molecule has 0 unspecified atom stereocenters. The summed E-state index contributed by atoms with van der Waals surface area (Å²) < 4.78 is 0. The minimum absolute atomic E-state index is 0.00579. The molecule has 132 valence electrons. The van der Waals surface area contributed by atoms with Gasteiger partial charge in [0.1, 0.15) is 11.5 Å². The predicted molar refractivity (Wildman–Crippen MR) is 98.5 cm³/mol. The average molecular weight is 368 g/mol. The molecule has 0 atom stereocenters. The molecule has 3 rings (SSSR count). The number of aryl methyl sites for hydroxylation is 1. The van der Waals surface area contributed by atoms with Crippen molar-refractivity contribution in [3.63, 3.8) is 0 Å². The van der Waals surface area contributed by atoms with Crippen LogP contribution in [0.4, 0.5) is 0 Å². The summed E-state index contributed by atoms with van der Waals surface area (Å²) in [5.41, 5.74) is 2.87. The largest absolute Gasteiger partial charge is 0.550 e. The summed E-state index contributed by atoms with van der Waals surface area (Å²) in [4.78, 5) is 29.4. The number of hydrogen-bond donors (Lipinski definition) is 0. The van der Waals surface area contributed by atoms with E-state index >= 15 is 0 Å². The average Bonchev–Trinajstić information content (AvgIpc) is 2.92. The first-order valence-electron chi connectivity index (χ1n) is 8.09. The second-order valence-corrected chi connectivity index (χ2v) is 6.40. The minimum Gasteiger partial charge on any atom is -0.550 e. The van der Waals surface area contributed by atoms with Gasteiger partial charge in [-0.25, -0.2) is 4.99 Å². The van der Waals surface area contributed by atoms with Crippen LogP contribution in [-0.2, 0) is 9.59 Å². The topological polar surface area (TPSA) is 72.8 Å². The third-order valence-electron chi connectivity index (χ3n) is 3.97. The molecule has 0 aliphatic carbocycles. The van der Waals surface area contributed by atoms with Crippen LogP contribution >= 0.6 is 11.6 Å². The Morgan fingerprint density at radius 3 is 2.42 bits per heavy atom. The lowest BCUT2D eigenvalue weighted by molar-refractivity contribution is -0.305. The zero-order valence-corrected chi connectivity index (χ0v) is 14.9. The number of hydrogen-bond acceptors (Lipinski definition) is 4. The Hall–Kier alpha value is -2.92. The van der Waals surface area contributed by atoms with E-state index in [4.69, 9.17) is 11.6 Å². The quantitative estimate of drug-likeness (QED) is 0.762. The van der Waals surface area contributed by atoms with Crippen molar-refractivity contribution >= 4 is 35.4 Å². The maximum Gasteiger partial charge on any atom is 0.278 e. The molecule has 0 spiro atoms. The normalized spacial score (nSPS) is 15.5. The molecule has 1 aliphatic heterocycles. The molecule has 6 heteroatoms. The number of halogens is 1. The fourth-order valence-electron chi connectivity index (χ4n) is 2.60. The van der Waals surface area contributed by atoms with Crippen LogP contribution in [0.5, 0.6) is 0 Å². The van der Waals surface area contributed by atoms with Crippen LogP contribution in [0.15, 0.2) is 59.2 Å². The summed E-state index contributed by atoms with van der Waals surface area (Å²) in [6, 6.07) is 14.6. The van der Waals surface area contributed by atoms with E-state index in [1.807, 2.05) is 31.2 Å². The number of carbonyl (C=O) groups excluding carboxylic acids is 2. The van der Waals surface area contributed by atoms with Crippen molar-refractivity contribution in [2.24, 2.45) is 4.99 Å². The van der Waals surface area contributed by atoms with Gasteiger partial charge < -0.3 is 9.90 Å². The number of amidine groups is 1. The summed E-state index contributed by atoms with van der Waals surface area (Å²) in [7, 11) is 0. The molecule has 0 N–H and O–H groups in total. The van der Waals surface area contributed by atoms with E-state index in [1.54, 1.807) is 30.3 Å². The standard InChI is InChI=1S/C20H17ClN2O3/c1-13-2-6-15(7-3-13)19-22-17(12-14-4-8-16(21)9-5-14)20(26)23(19)11-10-18(24)25/h2-9,12H,10-11H2,1H3,(H,24,25)/p-1/b17-12-. The molecule has 0 aromatic heterocycles. The lowest BCUT2D eigenvalue weighted by Crippen LogP contribution is -2.36. The van der Waals surface area contributed by atoms with Gasteiger partial charge in [0, 0.05) is 29.5 Å². The Morgan fingerprint density at radius 2 is 1.81 bits per heavy atom. The zero-order valence-electron chi connectivity index (χ0n) is 14.1. The minimum atomic E-state index is -1.21. The van der Waals surface area contributed by atoms with Crippen molar-refractivity contribution in [2.75, 3.05) is 6.54 Å². The predicted octanol–water partition coefficient (Wildman–Crippen LogP) is 2.42. The number of carboxylic acid groups (broad SMARTS) is 1. The summed E-state index contributed by atoms with van der Waals surface area (Å²) >= 11 is 5.88. The van der Waals surface area contributed by atoms with E-state index in [0.29, 0.717) is 10.9 Å². The van der Waals surface area contributed by atoms with Crippen LogP contribution in [-0.4, -0.2) is 29.2 Å². The first-order valence-corrected chi connectivity index (χ1v) is 8.46. The lowest BCUT2D eigenvalue weighted by atomic mass is 10.1. The molecule has 1 aliphatic rings. The summed E-state index contributed by atoms with van der Waals surface area (Å²) in [5.74, 6) is -1.11. The van der Waals surface area contributed by atoms with Crippen molar-refractivity contribution in [1.82, 2.24) is 4.90 Å². The van der Waals surface area contributed by atoms with Crippen LogP contribution in [0.25, 0.3) is 6.08 Å². The number of aliphatic imine (C=N–C) groups is 1. The first kappa shape index (κ1) is 17.9. The maximum absolute atomic E-state index is 12.7. The Bertz CT molecular complexity index is 900. The Morgan fingerprint density at radius 1 is 1.15 bits per heavy atom. The van der Waals surface area contributed by atoms with E-state index in [9.17, 15) is 14.7 Å². The molecule has 0 fully saturated rings. The summed E-state index contributed by atoms with van der Waals surface area (Å²) in [5, 5.41) is 11.4. The first-order chi connectivity index (χ1) is 12.4. The smallest absolute Gasteiger partial charge is 0.278 e. The van der Waals surface area contributed by atoms with E-state index in [-0.39, 0.29) is 24.6 Å². The van der Waals surface area contributed by atoms with Crippen LogP contribution < -0.4 is 5.11 Å². The molecule has 0 radical (unpaired) electrons. The molecule has 0 saturated heterocycles. The van der Waals surface area contributed by atoms with Gasteiger partial charge in [-0.3, -0.25) is 9.69 Å². The molecule has 1 amide bonds.